The van der Waals surface area contributed by atoms with Crippen LogP contribution in [0.5, 0.6) is 5.75 Å². The Balaban J connectivity index is 2.22. The van der Waals surface area contributed by atoms with Gasteiger partial charge in [0.25, 0.3) is 0 Å². The molecule has 2 atom stereocenters. The third kappa shape index (κ3) is 5.61. The maximum Gasteiger partial charge on any atom is 0.408 e. The second kappa shape index (κ2) is 8.95. The van der Waals surface area contributed by atoms with E-state index in [-0.39, 0.29) is 31.5 Å². The molecule has 1 saturated heterocycles. The average Bonchev–Trinajstić information content (AvgIpc) is 2.90. The summed E-state index contributed by atoms with van der Waals surface area (Å²) < 4.78 is 15.4. The zero-order valence-electron chi connectivity index (χ0n) is 17.0. The highest BCUT2D eigenvalue weighted by Crippen LogP contribution is 2.30. The lowest BCUT2D eigenvalue weighted by molar-refractivity contribution is -0.147. The molecule has 0 spiro atoms. The van der Waals surface area contributed by atoms with E-state index < -0.39 is 23.7 Å². The number of amides is 2. The monoisotopic (exact) mass is 392 g/mol. The maximum absolute atomic E-state index is 12.9. The molecule has 1 aromatic rings. The fourth-order valence-electron chi connectivity index (χ4n) is 3.05. The minimum absolute atomic E-state index is 0.161. The van der Waals surface area contributed by atoms with Crippen molar-refractivity contribution in [2.45, 2.75) is 45.3 Å². The van der Waals surface area contributed by atoms with E-state index in [1.807, 2.05) is 12.1 Å². The van der Waals surface area contributed by atoms with Crippen molar-refractivity contribution in [3.63, 3.8) is 0 Å². The molecule has 1 aromatic carbocycles. The van der Waals surface area contributed by atoms with Gasteiger partial charge in [-0.1, -0.05) is 12.1 Å². The summed E-state index contributed by atoms with van der Waals surface area (Å²) in [7, 11) is 1.57. The number of ether oxygens (including phenoxy) is 3. The third-order valence-corrected chi connectivity index (χ3v) is 4.24. The zero-order valence-corrected chi connectivity index (χ0v) is 17.0. The zero-order chi connectivity index (χ0) is 20.9. The first-order chi connectivity index (χ1) is 13.1. The number of benzene rings is 1. The summed E-state index contributed by atoms with van der Waals surface area (Å²) in [5.74, 6) is -0.476. The number of carbonyl (C=O) groups is 3. The number of likely N-dealkylation sites (tertiary alicyclic amines) is 1. The van der Waals surface area contributed by atoms with Crippen LogP contribution in [0.15, 0.2) is 24.3 Å². The third-order valence-electron chi connectivity index (χ3n) is 4.24. The van der Waals surface area contributed by atoms with Crippen molar-refractivity contribution >= 4 is 18.0 Å². The highest BCUT2D eigenvalue weighted by molar-refractivity contribution is 5.91. The van der Waals surface area contributed by atoms with Crippen molar-refractivity contribution in [2.24, 2.45) is 0 Å². The number of hydrogen-bond donors (Lipinski definition) is 1. The predicted octanol–water partition coefficient (Wildman–Crippen LogP) is 2.08. The summed E-state index contributed by atoms with van der Waals surface area (Å²) in [4.78, 5) is 38.4. The Labute approximate surface area is 165 Å². The smallest absolute Gasteiger partial charge is 0.408 e. The largest absolute Gasteiger partial charge is 0.497 e. The number of nitrogens with one attached hydrogen (secondary N) is 1. The van der Waals surface area contributed by atoms with Crippen molar-refractivity contribution in [1.82, 2.24) is 10.2 Å². The van der Waals surface area contributed by atoms with E-state index >= 15 is 0 Å². The van der Waals surface area contributed by atoms with Gasteiger partial charge in [0, 0.05) is 12.5 Å². The van der Waals surface area contributed by atoms with E-state index in [9.17, 15) is 14.4 Å². The second-order valence-electron chi connectivity index (χ2n) is 7.53. The van der Waals surface area contributed by atoms with E-state index in [0.29, 0.717) is 5.75 Å². The molecule has 1 aliphatic rings. The van der Waals surface area contributed by atoms with Crippen LogP contribution in [0.4, 0.5) is 4.79 Å². The van der Waals surface area contributed by atoms with Crippen LogP contribution in [0.1, 0.15) is 39.2 Å². The van der Waals surface area contributed by atoms with E-state index in [1.54, 1.807) is 46.9 Å². The number of rotatable bonds is 6. The molecular formula is C20H28N2O6. The number of alkyl carbamates (subject to hydrolysis) is 1. The Kier molecular flexibility index (Phi) is 6.88. The standard InChI is InChI=1S/C20H28N2O6/c1-6-27-16(23)12-22-11-15(13-7-9-14(26-5)10-8-13)17(18(22)24)21-19(25)28-20(2,3)4/h7-10,15,17H,6,11-12H2,1-5H3,(H,21,25). The van der Waals surface area contributed by atoms with Gasteiger partial charge in [0.2, 0.25) is 5.91 Å². The van der Waals surface area contributed by atoms with E-state index in [1.165, 1.54) is 4.90 Å². The molecule has 0 aliphatic carbocycles. The maximum atomic E-state index is 12.9. The van der Waals surface area contributed by atoms with Crippen LogP contribution in [0.25, 0.3) is 0 Å². The van der Waals surface area contributed by atoms with Gasteiger partial charge in [0.1, 0.15) is 23.9 Å². The highest BCUT2D eigenvalue weighted by Gasteiger charge is 2.43. The number of hydrogen-bond acceptors (Lipinski definition) is 6. The normalized spacial score (nSPS) is 19.3. The van der Waals surface area contributed by atoms with Crippen molar-refractivity contribution < 1.29 is 28.6 Å². The van der Waals surface area contributed by atoms with Crippen LogP contribution in [0.3, 0.4) is 0 Å². The van der Waals surface area contributed by atoms with Crippen LogP contribution in [0, 0.1) is 0 Å². The number of carbonyl (C=O) groups excluding carboxylic acids is 3. The van der Waals surface area contributed by atoms with Crippen LogP contribution < -0.4 is 10.1 Å². The lowest BCUT2D eigenvalue weighted by atomic mass is 9.94. The van der Waals surface area contributed by atoms with Gasteiger partial charge in [0.15, 0.2) is 0 Å². The van der Waals surface area contributed by atoms with Gasteiger partial charge in [-0.25, -0.2) is 4.79 Å². The fourth-order valence-corrected chi connectivity index (χ4v) is 3.05. The lowest BCUT2D eigenvalue weighted by Crippen LogP contribution is -2.46. The molecule has 2 unspecified atom stereocenters. The Bertz CT molecular complexity index is 710. The molecule has 0 aromatic heterocycles. The van der Waals surface area contributed by atoms with Gasteiger partial charge in [-0.15, -0.1) is 0 Å². The number of nitrogens with zero attached hydrogens (tertiary/aromatic N) is 1. The SMILES string of the molecule is CCOC(=O)CN1CC(c2ccc(OC)cc2)C(NC(=O)OC(C)(C)C)C1=O. The highest BCUT2D eigenvalue weighted by atomic mass is 16.6. The van der Waals surface area contributed by atoms with Gasteiger partial charge in [-0.05, 0) is 45.4 Å². The molecule has 0 bridgehead atoms. The molecule has 1 N–H and O–H groups in total. The van der Waals surface area contributed by atoms with E-state index in [4.69, 9.17) is 14.2 Å². The number of esters is 1. The topological polar surface area (TPSA) is 94.2 Å². The molecule has 28 heavy (non-hydrogen) atoms. The summed E-state index contributed by atoms with van der Waals surface area (Å²) in [6, 6.07) is 6.43. The van der Waals surface area contributed by atoms with E-state index in [2.05, 4.69) is 5.32 Å². The van der Waals surface area contributed by atoms with Gasteiger partial charge < -0.3 is 24.4 Å². The Morgan fingerprint density at radius 1 is 1.21 bits per heavy atom. The fraction of sp³-hybridized carbons (Fsp3) is 0.550. The van der Waals surface area contributed by atoms with E-state index in [0.717, 1.165) is 5.56 Å². The van der Waals surface area contributed by atoms with Crippen LogP contribution in [-0.4, -0.2) is 61.3 Å². The molecule has 2 amide bonds. The van der Waals surface area contributed by atoms with Gasteiger partial charge in [0.05, 0.1) is 13.7 Å². The first-order valence-electron chi connectivity index (χ1n) is 9.22. The summed E-state index contributed by atoms with van der Waals surface area (Å²) in [5.41, 5.74) is 0.160. The summed E-state index contributed by atoms with van der Waals surface area (Å²) in [6.07, 6.45) is -0.678. The molecule has 1 fully saturated rings. The quantitative estimate of drug-likeness (QED) is 0.745. The molecular weight excluding hydrogens is 364 g/mol. The molecule has 8 nitrogen and oxygen atoms in total. The van der Waals surface area contributed by atoms with Gasteiger partial charge in [-0.3, -0.25) is 9.59 Å². The number of methoxy groups -OCH3 is 1. The first-order valence-corrected chi connectivity index (χ1v) is 9.22. The van der Waals surface area contributed by atoms with Gasteiger partial charge >= 0.3 is 12.1 Å². The molecule has 0 saturated carbocycles. The van der Waals surface area contributed by atoms with Gasteiger partial charge in [-0.2, -0.15) is 0 Å². The Hall–Kier alpha value is -2.77. The summed E-state index contributed by atoms with van der Waals surface area (Å²) in [5, 5.41) is 2.66. The molecule has 2 rings (SSSR count). The Morgan fingerprint density at radius 3 is 2.39 bits per heavy atom. The van der Waals surface area contributed by atoms with Crippen molar-refractivity contribution in [3.05, 3.63) is 29.8 Å². The molecule has 1 heterocycles. The molecule has 0 radical (unpaired) electrons. The lowest BCUT2D eigenvalue weighted by Gasteiger charge is -2.23. The first kappa shape index (κ1) is 21.5. The molecule has 1 aliphatic heterocycles. The van der Waals surface area contributed by atoms with Crippen LogP contribution in [0.2, 0.25) is 0 Å². The average molecular weight is 392 g/mol. The summed E-state index contributed by atoms with van der Waals surface area (Å²) >= 11 is 0. The Morgan fingerprint density at radius 2 is 1.86 bits per heavy atom. The van der Waals surface area contributed by atoms with Crippen molar-refractivity contribution in [1.29, 1.82) is 0 Å². The van der Waals surface area contributed by atoms with Crippen molar-refractivity contribution in [3.8, 4) is 5.75 Å². The predicted molar refractivity (Wildman–Crippen MR) is 102 cm³/mol. The van der Waals surface area contributed by atoms with Crippen LogP contribution >= 0.6 is 0 Å². The minimum atomic E-state index is -0.835. The minimum Gasteiger partial charge on any atom is -0.497 e. The second-order valence-corrected chi connectivity index (χ2v) is 7.53. The molecule has 8 heteroatoms. The molecule has 154 valence electrons. The van der Waals surface area contributed by atoms with Crippen LogP contribution in [-0.2, 0) is 19.1 Å². The summed E-state index contributed by atoms with van der Waals surface area (Å²) in [6.45, 7) is 7.31. The van der Waals surface area contributed by atoms with Crippen molar-refractivity contribution in [2.75, 3.05) is 26.8 Å².